The maximum absolute atomic E-state index is 12.5. The van der Waals surface area contributed by atoms with Gasteiger partial charge < -0.3 is 4.74 Å². The molecule has 0 saturated carbocycles. The smallest absolute Gasteiger partial charge is 0.271 e. The summed E-state index contributed by atoms with van der Waals surface area (Å²) in [5.41, 5.74) is 3.11. The molecule has 0 radical (unpaired) electrons. The summed E-state index contributed by atoms with van der Waals surface area (Å²) < 4.78 is 8.29. The van der Waals surface area contributed by atoms with Gasteiger partial charge in [0.25, 0.3) is 5.56 Å². The molecule has 0 aliphatic carbocycles. The van der Waals surface area contributed by atoms with Crippen LogP contribution in [0.3, 0.4) is 0 Å². The van der Waals surface area contributed by atoms with E-state index in [0.29, 0.717) is 6.54 Å². The Kier molecular flexibility index (Phi) is 2.82. The molecular formula is C16H14N2O2S. The lowest BCUT2D eigenvalue weighted by Crippen LogP contribution is -2.28. The fraction of sp³-hybridized carbons (Fsp3) is 0.250. The molecule has 1 aliphatic rings. The van der Waals surface area contributed by atoms with Crippen molar-refractivity contribution in [3.63, 3.8) is 0 Å². The van der Waals surface area contributed by atoms with Crippen LogP contribution in [-0.4, -0.2) is 15.7 Å². The van der Waals surface area contributed by atoms with E-state index in [1.807, 2.05) is 30.5 Å². The van der Waals surface area contributed by atoms with Gasteiger partial charge in [0.2, 0.25) is 0 Å². The molecule has 3 heterocycles. The summed E-state index contributed by atoms with van der Waals surface area (Å²) in [7, 11) is 0. The fourth-order valence-electron chi connectivity index (χ4n) is 2.77. The summed E-state index contributed by atoms with van der Waals surface area (Å²) in [6.07, 6.45) is 2.47. The Morgan fingerprint density at radius 1 is 1.43 bits per heavy atom. The Balaban J connectivity index is 1.64. The molecule has 21 heavy (non-hydrogen) atoms. The number of hydrogen-bond acceptors (Lipinski definition) is 4. The third-order valence-corrected chi connectivity index (χ3v) is 4.91. The van der Waals surface area contributed by atoms with Crippen molar-refractivity contribution in [2.24, 2.45) is 0 Å². The minimum Gasteiger partial charge on any atom is -0.488 e. The molecule has 0 spiro atoms. The van der Waals surface area contributed by atoms with Crippen LogP contribution >= 0.6 is 11.3 Å². The summed E-state index contributed by atoms with van der Waals surface area (Å²) in [6, 6.07) is 8.03. The number of thiophene rings is 1. The lowest BCUT2D eigenvalue weighted by molar-refractivity contribution is 0.207. The van der Waals surface area contributed by atoms with Gasteiger partial charge >= 0.3 is 0 Å². The highest BCUT2D eigenvalue weighted by atomic mass is 32.1. The van der Waals surface area contributed by atoms with E-state index in [1.165, 1.54) is 16.9 Å². The van der Waals surface area contributed by atoms with Crippen molar-refractivity contribution in [3.05, 3.63) is 57.5 Å². The SMILES string of the molecule is Cc1csc2c(=O)n(CC3Cc4ccccc4O3)cnc12. The number of benzene rings is 1. The van der Waals surface area contributed by atoms with Gasteiger partial charge in [-0.2, -0.15) is 0 Å². The van der Waals surface area contributed by atoms with E-state index in [2.05, 4.69) is 11.1 Å². The normalized spacial score (nSPS) is 16.9. The maximum Gasteiger partial charge on any atom is 0.271 e. The number of nitrogens with zero attached hydrogens (tertiary/aromatic N) is 2. The van der Waals surface area contributed by atoms with Crippen LogP contribution in [0.15, 0.2) is 40.8 Å². The van der Waals surface area contributed by atoms with Crippen molar-refractivity contribution in [3.8, 4) is 5.75 Å². The molecule has 4 nitrogen and oxygen atoms in total. The van der Waals surface area contributed by atoms with E-state index in [1.54, 1.807) is 10.9 Å². The van der Waals surface area contributed by atoms with Crippen molar-refractivity contribution in [2.75, 3.05) is 0 Å². The van der Waals surface area contributed by atoms with Crippen LogP contribution in [0.25, 0.3) is 10.2 Å². The lowest BCUT2D eigenvalue weighted by Gasteiger charge is -2.12. The van der Waals surface area contributed by atoms with E-state index >= 15 is 0 Å². The second-order valence-electron chi connectivity index (χ2n) is 5.35. The Labute approximate surface area is 125 Å². The summed E-state index contributed by atoms with van der Waals surface area (Å²) in [5, 5.41) is 1.98. The molecule has 0 bridgehead atoms. The predicted octanol–water partition coefficient (Wildman–Crippen LogP) is 2.77. The van der Waals surface area contributed by atoms with E-state index in [9.17, 15) is 4.79 Å². The molecule has 1 atom stereocenters. The van der Waals surface area contributed by atoms with Crippen molar-refractivity contribution in [1.82, 2.24) is 9.55 Å². The number of aryl methyl sites for hydroxylation is 1. The molecule has 0 saturated heterocycles. The zero-order chi connectivity index (χ0) is 14.4. The molecule has 1 aromatic carbocycles. The number of hydrogen-bond donors (Lipinski definition) is 0. The minimum atomic E-state index is 0.000379. The molecule has 0 fully saturated rings. The first-order chi connectivity index (χ1) is 10.2. The second kappa shape index (κ2) is 4.70. The van der Waals surface area contributed by atoms with Gasteiger partial charge in [-0.25, -0.2) is 4.98 Å². The van der Waals surface area contributed by atoms with Gasteiger partial charge in [0.15, 0.2) is 0 Å². The first kappa shape index (κ1) is 12.6. The molecule has 3 aromatic rings. The maximum atomic E-state index is 12.5. The number of aromatic nitrogens is 2. The average Bonchev–Trinajstić information content (AvgIpc) is 3.06. The molecule has 1 unspecified atom stereocenters. The predicted molar refractivity (Wildman–Crippen MR) is 83.2 cm³/mol. The number of para-hydroxylation sites is 1. The van der Waals surface area contributed by atoms with Crippen molar-refractivity contribution in [2.45, 2.75) is 26.0 Å². The highest BCUT2D eigenvalue weighted by Crippen LogP contribution is 2.28. The fourth-order valence-corrected chi connectivity index (χ4v) is 3.72. The number of ether oxygens (including phenoxy) is 1. The summed E-state index contributed by atoms with van der Waals surface area (Å²) in [6.45, 7) is 2.51. The van der Waals surface area contributed by atoms with Gasteiger partial charge in [0, 0.05) is 6.42 Å². The highest BCUT2D eigenvalue weighted by Gasteiger charge is 2.23. The van der Waals surface area contributed by atoms with Gasteiger partial charge in [-0.3, -0.25) is 9.36 Å². The van der Waals surface area contributed by atoms with E-state index in [0.717, 1.165) is 28.0 Å². The largest absolute Gasteiger partial charge is 0.488 e. The highest BCUT2D eigenvalue weighted by molar-refractivity contribution is 7.17. The van der Waals surface area contributed by atoms with Crippen LogP contribution < -0.4 is 10.3 Å². The standard InChI is InChI=1S/C16H14N2O2S/c1-10-8-21-15-14(10)17-9-18(16(15)19)7-12-6-11-4-2-3-5-13(11)20-12/h2-5,8-9,12H,6-7H2,1H3. The van der Waals surface area contributed by atoms with Crippen molar-refractivity contribution >= 4 is 21.6 Å². The van der Waals surface area contributed by atoms with Gasteiger partial charge in [0.05, 0.1) is 18.4 Å². The molecule has 1 aliphatic heterocycles. The Bertz CT molecular complexity index is 856. The quantitative estimate of drug-likeness (QED) is 0.730. The number of fused-ring (bicyclic) bond motifs is 2. The van der Waals surface area contributed by atoms with Gasteiger partial charge in [-0.15, -0.1) is 11.3 Å². The molecular weight excluding hydrogens is 284 g/mol. The lowest BCUT2D eigenvalue weighted by atomic mass is 10.1. The Morgan fingerprint density at radius 2 is 2.29 bits per heavy atom. The summed E-state index contributed by atoms with van der Waals surface area (Å²) in [4.78, 5) is 16.9. The Hall–Kier alpha value is -2.14. The minimum absolute atomic E-state index is 0.000379. The second-order valence-corrected chi connectivity index (χ2v) is 6.23. The van der Waals surface area contributed by atoms with Gasteiger partial charge in [-0.05, 0) is 29.5 Å². The van der Waals surface area contributed by atoms with Gasteiger partial charge in [0.1, 0.15) is 16.6 Å². The molecule has 2 aromatic heterocycles. The van der Waals surface area contributed by atoms with Crippen molar-refractivity contribution < 1.29 is 4.74 Å². The first-order valence-corrected chi connectivity index (χ1v) is 7.78. The van der Waals surface area contributed by atoms with Crippen LogP contribution in [0, 0.1) is 6.92 Å². The topological polar surface area (TPSA) is 44.1 Å². The number of rotatable bonds is 2. The summed E-state index contributed by atoms with van der Waals surface area (Å²) in [5.74, 6) is 0.927. The van der Waals surface area contributed by atoms with Crippen LogP contribution in [0.1, 0.15) is 11.1 Å². The Morgan fingerprint density at radius 3 is 3.14 bits per heavy atom. The van der Waals surface area contributed by atoms with Crippen LogP contribution in [0.2, 0.25) is 0 Å². The summed E-state index contributed by atoms with van der Waals surface area (Å²) >= 11 is 1.46. The first-order valence-electron chi connectivity index (χ1n) is 6.90. The van der Waals surface area contributed by atoms with Crippen LogP contribution in [-0.2, 0) is 13.0 Å². The van der Waals surface area contributed by atoms with E-state index in [-0.39, 0.29) is 11.7 Å². The van der Waals surface area contributed by atoms with E-state index in [4.69, 9.17) is 4.74 Å². The van der Waals surface area contributed by atoms with E-state index < -0.39 is 0 Å². The molecule has 0 amide bonds. The van der Waals surface area contributed by atoms with Crippen LogP contribution in [0.4, 0.5) is 0 Å². The van der Waals surface area contributed by atoms with Crippen molar-refractivity contribution in [1.29, 1.82) is 0 Å². The van der Waals surface area contributed by atoms with Crippen LogP contribution in [0.5, 0.6) is 5.75 Å². The average molecular weight is 298 g/mol. The monoisotopic (exact) mass is 298 g/mol. The molecule has 4 rings (SSSR count). The zero-order valence-corrected chi connectivity index (χ0v) is 12.4. The third kappa shape index (κ3) is 2.05. The molecule has 5 heteroatoms. The zero-order valence-electron chi connectivity index (χ0n) is 11.6. The third-order valence-electron chi connectivity index (χ3n) is 3.84. The molecule has 0 N–H and O–H groups in total. The van der Waals surface area contributed by atoms with Gasteiger partial charge in [-0.1, -0.05) is 18.2 Å². The molecule has 106 valence electrons.